The molecule has 0 heterocycles. The molecule has 1 N–H and O–H groups in total. The average molecular weight is 210 g/mol. The van der Waals surface area contributed by atoms with E-state index in [1.54, 1.807) is 21.1 Å². The van der Waals surface area contributed by atoms with E-state index in [-0.39, 0.29) is 6.10 Å². The van der Waals surface area contributed by atoms with Crippen LogP contribution in [0.15, 0.2) is 12.1 Å². The Bertz CT molecular complexity index is 332. The highest BCUT2D eigenvalue weighted by Gasteiger charge is 2.12. The minimum Gasteiger partial charge on any atom is -0.496 e. The molecule has 0 saturated heterocycles. The van der Waals surface area contributed by atoms with Gasteiger partial charge in [0, 0.05) is 12.0 Å². The standard InChI is InChI=1S/C12H18O3/c1-8(13)7-10-5-6-11(14-3)9(2)12(10)15-4/h5-6,8,13H,7H2,1-4H3. The lowest BCUT2D eigenvalue weighted by Crippen LogP contribution is -2.07. The maximum Gasteiger partial charge on any atom is 0.128 e. The third kappa shape index (κ3) is 2.63. The van der Waals surface area contributed by atoms with Crippen LogP contribution in [0.2, 0.25) is 0 Å². The number of methoxy groups -OCH3 is 2. The van der Waals surface area contributed by atoms with Gasteiger partial charge in [-0.05, 0) is 25.5 Å². The minimum absolute atomic E-state index is 0.369. The maximum atomic E-state index is 9.36. The molecule has 0 aliphatic rings. The molecule has 0 radical (unpaired) electrons. The van der Waals surface area contributed by atoms with Crippen molar-refractivity contribution in [3.63, 3.8) is 0 Å². The van der Waals surface area contributed by atoms with Crippen LogP contribution >= 0.6 is 0 Å². The first-order chi connectivity index (χ1) is 7.10. The Morgan fingerprint density at radius 3 is 2.40 bits per heavy atom. The normalized spacial score (nSPS) is 12.3. The highest BCUT2D eigenvalue weighted by molar-refractivity contribution is 5.49. The SMILES string of the molecule is COc1ccc(CC(C)O)c(OC)c1C. The third-order valence-corrected chi connectivity index (χ3v) is 2.38. The monoisotopic (exact) mass is 210 g/mol. The van der Waals surface area contributed by atoms with E-state index in [0.717, 1.165) is 22.6 Å². The van der Waals surface area contributed by atoms with Gasteiger partial charge in [-0.1, -0.05) is 6.07 Å². The van der Waals surface area contributed by atoms with Crippen LogP contribution < -0.4 is 9.47 Å². The van der Waals surface area contributed by atoms with Gasteiger partial charge in [-0.2, -0.15) is 0 Å². The number of rotatable bonds is 4. The minimum atomic E-state index is -0.369. The molecule has 3 nitrogen and oxygen atoms in total. The van der Waals surface area contributed by atoms with Gasteiger partial charge >= 0.3 is 0 Å². The van der Waals surface area contributed by atoms with E-state index in [4.69, 9.17) is 9.47 Å². The van der Waals surface area contributed by atoms with Crippen molar-refractivity contribution in [1.82, 2.24) is 0 Å². The van der Waals surface area contributed by atoms with Crippen LogP contribution in [-0.4, -0.2) is 25.4 Å². The molecule has 1 aromatic carbocycles. The zero-order valence-electron chi connectivity index (χ0n) is 9.70. The van der Waals surface area contributed by atoms with Gasteiger partial charge in [0.1, 0.15) is 11.5 Å². The molecule has 0 aromatic heterocycles. The van der Waals surface area contributed by atoms with Crippen LogP contribution in [-0.2, 0) is 6.42 Å². The van der Waals surface area contributed by atoms with Crippen molar-refractivity contribution in [3.8, 4) is 11.5 Å². The summed E-state index contributed by atoms with van der Waals surface area (Å²) in [6.07, 6.45) is 0.222. The quantitative estimate of drug-likeness (QED) is 0.825. The summed E-state index contributed by atoms with van der Waals surface area (Å²) in [4.78, 5) is 0. The van der Waals surface area contributed by atoms with Crippen LogP contribution in [0.25, 0.3) is 0 Å². The van der Waals surface area contributed by atoms with Crippen LogP contribution in [0.4, 0.5) is 0 Å². The van der Waals surface area contributed by atoms with E-state index < -0.39 is 0 Å². The third-order valence-electron chi connectivity index (χ3n) is 2.38. The molecule has 0 amide bonds. The second kappa shape index (κ2) is 5.03. The molecule has 1 aromatic rings. The Kier molecular flexibility index (Phi) is 3.97. The molecular formula is C12H18O3. The molecule has 1 rings (SSSR count). The van der Waals surface area contributed by atoms with Crippen molar-refractivity contribution in [3.05, 3.63) is 23.3 Å². The first-order valence-corrected chi connectivity index (χ1v) is 4.98. The summed E-state index contributed by atoms with van der Waals surface area (Å²) in [5.74, 6) is 1.61. The van der Waals surface area contributed by atoms with Crippen molar-refractivity contribution in [2.45, 2.75) is 26.4 Å². The Morgan fingerprint density at radius 1 is 1.27 bits per heavy atom. The van der Waals surface area contributed by atoms with Crippen molar-refractivity contribution in [2.24, 2.45) is 0 Å². The summed E-state index contributed by atoms with van der Waals surface area (Å²) < 4.78 is 10.5. The lowest BCUT2D eigenvalue weighted by Gasteiger charge is -2.15. The van der Waals surface area contributed by atoms with E-state index in [2.05, 4.69) is 0 Å². The second-order valence-corrected chi connectivity index (χ2v) is 3.64. The first-order valence-electron chi connectivity index (χ1n) is 4.98. The summed E-state index contributed by atoms with van der Waals surface area (Å²) >= 11 is 0. The molecule has 3 heteroatoms. The van der Waals surface area contributed by atoms with Gasteiger partial charge in [0.2, 0.25) is 0 Å². The van der Waals surface area contributed by atoms with Gasteiger partial charge in [0.25, 0.3) is 0 Å². The van der Waals surface area contributed by atoms with Gasteiger partial charge in [0.05, 0.1) is 20.3 Å². The van der Waals surface area contributed by atoms with Crippen molar-refractivity contribution in [1.29, 1.82) is 0 Å². The van der Waals surface area contributed by atoms with E-state index in [1.807, 2.05) is 19.1 Å². The zero-order chi connectivity index (χ0) is 11.4. The fourth-order valence-corrected chi connectivity index (χ4v) is 1.71. The lowest BCUT2D eigenvalue weighted by atomic mass is 10.0. The van der Waals surface area contributed by atoms with E-state index in [0.29, 0.717) is 6.42 Å². The highest BCUT2D eigenvalue weighted by Crippen LogP contribution is 2.31. The first kappa shape index (κ1) is 11.9. The smallest absolute Gasteiger partial charge is 0.128 e. The van der Waals surface area contributed by atoms with Gasteiger partial charge in [-0.25, -0.2) is 0 Å². The van der Waals surface area contributed by atoms with Crippen molar-refractivity contribution in [2.75, 3.05) is 14.2 Å². The van der Waals surface area contributed by atoms with Crippen molar-refractivity contribution >= 4 is 0 Å². The number of hydrogen-bond donors (Lipinski definition) is 1. The van der Waals surface area contributed by atoms with E-state index in [9.17, 15) is 5.11 Å². The van der Waals surface area contributed by atoms with Crippen LogP contribution in [0.1, 0.15) is 18.1 Å². The van der Waals surface area contributed by atoms with Crippen LogP contribution in [0.3, 0.4) is 0 Å². The van der Waals surface area contributed by atoms with Crippen LogP contribution in [0.5, 0.6) is 11.5 Å². The summed E-state index contributed by atoms with van der Waals surface area (Å²) in [5.41, 5.74) is 1.98. The molecule has 84 valence electrons. The summed E-state index contributed by atoms with van der Waals surface area (Å²) in [5, 5.41) is 9.36. The largest absolute Gasteiger partial charge is 0.496 e. The van der Waals surface area contributed by atoms with E-state index >= 15 is 0 Å². The number of hydrogen-bond acceptors (Lipinski definition) is 3. The molecule has 0 saturated carbocycles. The fraction of sp³-hybridized carbons (Fsp3) is 0.500. The van der Waals surface area contributed by atoms with E-state index in [1.165, 1.54) is 0 Å². The van der Waals surface area contributed by atoms with Gasteiger partial charge in [-0.3, -0.25) is 0 Å². The van der Waals surface area contributed by atoms with Gasteiger partial charge in [0.15, 0.2) is 0 Å². The molecule has 15 heavy (non-hydrogen) atoms. The number of benzene rings is 1. The summed E-state index contributed by atoms with van der Waals surface area (Å²) in [6, 6.07) is 3.83. The molecule has 0 bridgehead atoms. The molecular weight excluding hydrogens is 192 g/mol. The molecule has 1 atom stereocenters. The fourth-order valence-electron chi connectivity index (χ4n) is 1.71. The molecule has 0 spiro atoms. The number of aliphatic hydroxyl groups excluding tert-OH is 1. The highest BCUT2D eigenvalue weighted by atomic mass is 16.5. The second-order valence-electron chi connectivity index (χ2n) is 3.64. The van der Waals surface area contributed by atoms with Crippen LogP contribution in [0, 0.1) is 6.92 Å². The topological polar surface area (TPSA) is 38.7 Å². The Labute approximate surface area is 90.6 Å². The predicted octanol–water partition coefficient (Wildman–Crippen LogP) is 1.94. The molecule has 1 unspecified atom stereocenters. The zero-order valence-corrected chi connectivity index (χ0v) is 9.70. The van der Waals surface area contributed by atoms with Gasteiger partial charge < -0.3 is 14.6 Å². The molecule has 0 aliphatic carbocycles. The maximum absolute atomic E-state index is 9.36. The van der Waals surface area contributed by atoms with Crippen molar-refractivity contribution < 1.29 is 14.6 Å². The number of ether oxygens (including phenoxy) is 2. The molecule has 0 aliphatic heterocycles. The molecule has 0 fully saturated rings. The summed E-state index contributed by atoms with van der Waals surface area (Å²) in [7, 11) is 3.27. The summed E-state index contributed by atoms with van der Waals surface area (Å²) in [6.45, 7) is 3.71. The lowest BCUT2D eigenvalue weighted by molar-refractivity contribution is 0.194. The Hall–Kier alpha value is -1.22. The Balaban J connectivity index is 3.12. The average Bonchev–Trinajstić information content (AvgIpc) is 2.18. The predicted molar refractivity (Wildman–Crippen MR) is 59.7 cm³/mol. The van der Waals surface area contributed by atoms with Gasteiger partial charge in [-0.15, -0.1) is 0 Å². The number of aliphatic hydroxyl groups is 1. The Morgan fingerprint density at radius 2 is 1.93 bits per heavy atom.